The Morgan fingerprint density at radius 1 is 1.07 bits per heavy atom. The Balaban J connectivity index is 1.29. The van der Waals surface area contributed by atoms with Crippen molar-refractivity contribution < 1.29 is 4.74 Å². The van der Waals surface area contributed by atoms with Crippen LogP contribution in [-0.4, -0.2) is 66.1 Å². The molecular weight excluding hydrogens is 360 g/mol. The fraction of sp³-hybridized carbons (Fsp3) is 0.381. The maximum Gasteiger partial charge on any atom is 0.138 e. The number of benzene rings is 2. The minimum Gasteiger partial charge on any atom is -0.494 e. The lowest BCUT2D eigenvalue weighted by molar-refractivity contribution is 0.145. The molecule has 0 aliphatic carbocycles. The summed E-state index contributed by atoms with van der Waals surface area (Å²) in [4.78, 5) is 12.8. The molecule has 0 spiro atoms. The summed E-state index contributed by atoms with van der Waals surface area (Å²) in [5.74, 6) is 1.74. The molecule has 5 nitrogen and oxygen atoms in total. The topological polar surface area (TPSA) is 44.4 Å². The van der Waals surface area contributed by atoms with Crippen LogP contribution in [0.5, 0.6) is 5.75 Å². The fourth-order valence-electron chi connectivity index (χ4n) is 3.38. The van der Waals surface area contributed by atoms with Crippen molar-refractivity contribution in [1.82, 2.24) is 19.8 Å². The molecule has 0 unspecified atom stereocenters. The van der Waals surface area contributed by atoms with E-state index in [9.17, 15) is 0 Å². The summed E-state index contributed by atoms with van der Waals surface area (Å²) in [6.45, 7) is 6.50. The van der Waals surface area contributed by atoms with Crippen molar-refractivity contribution in [3.63, 3.8) is 0 Å². The third-order valence-electron chi connectivity index (χ3n) is 5.05. The van der Waals surface area contributed by atoms with Gasteiger partial charge in [-0.15, -0.1) is 0 Å². The highest BCUT2D eigenvalue weighted by Gasteiger charge is 2.13. The second-order valence-corrected chi connectivity index (χ2v) is 7.55. The van der Waals surface area contributed by atoms with Crippen molar-refractivity contribution in [3.05, 3.63) is 47.5 Å². The summed E-state index contributed by atoms with van der Waals surface area (Å²) in [6.07, 6.45) is 1.05. The smallest absolute Gasteiger partial charge is 0.138 e. The van der Waals surface area contributed by atoms with E-state index in [1.54, 1.807) is 0 Å². The number of H-pyrrole nitrogens is 1. The van der Waals surface area contributed by atoms with Gasteiger partial charge in [0.25, 0.3) is 0 Å². The van der Waals surface area contributed by atoms with Crippen molar-refractivity contribution in [2.75, 3.05) is 46.4 Å². The number of aromatic nitrogens is 2. The first-order chi connectivity index (χ1) is 13.2. The largest absolute Gasteiger partial charge is 0.494 e. The van der Waals surface area contributed by atoms with Crippen molar-refractivity contribution in [1.29, 1.82) is 0 Å². The summed E-state index contributed by atoms with van der Waals surface area (Å²) in [5.41, 5.74) is 2.90. The van der Waals surface area contributed by atoms with Gasteiger partial charge in [-0.3, -0.25) is 0 Å². The summed E-state index contributed by atoms with van der Waals surface area (Å²) < 4.78 is 5.90. The van der Waals surface area contributed by atoms with E-state index in [1.165, 1.54) is 0 Å². The van der Waals surface area contributed by atoms with Crippen LogP contribution in [-0.2, 0) is 0 Å². The van der Waals surface area contributed by atoms with Crippen LogP contribution in [0.4, 0.5) is 0 Å². The summed E-state index contributed by atoms with van der Waals surface area (Å²) >= 11 is 6.04. The van der Waals surface area contributed by atoms with Crippen LogP contribution in [0.15, 0.2) is 42.5 Å². The van der Waals surface area contributed by atoms with E-state index in [2.05, 4.69) is 26.8 Å². The standard InChI is InChI=1S/C21H25ClN4O/c1-25-10-12-26(13-11-25)9-2-14-27-18-6-3-16(4-7-18)21-23-19-8-5-17(22)15-20(19)24-21/h3-8,15H,2,9-14H2,1H3,(H,23,24). The molecule has 2 heterocycles. The number of rotatable bonds is 6. The Labute approximate surface area is 164 Å². The number of likely N-dealkylation sites (N-methyl/N-ethyl adjacent to an activating group) is 1. The lowest BCUT2D eigenvalue weighted by atomic mass is 10.2. The molecule has 0 saturated carbocycles. The molecule has 0 radical (unpaired) electrons. The van der Waals surface area contributed by atoms with Gasteiger partial charge in [-0.05, 0) is 55.9 Å². The number of halogens is 1. The van der Waals surface area contributed by atoms with Gasteiger partial charge in [0.15, 0.2) is 0 Å². The van der Waals surface area contributed by atoms with E-state index in [4.69, 9.17) is 16.3 Å². The summed E-state index contributed by atoms with van der Waals surface area (Å²) in [6, 6.07) is 13.8. The van der Waals surface area contributed by atoms with Crippen molar-refractivity contribution in [2.24, 2.45) is 0 Å². The number of piperazine rings is 1. The number of fused-ring (bicyclic) bond motifs is 1. The number of imidazole rings is 1. The van der Waals surface area contributed by atoms with Gasteiger partial charge in [0, 0.05) is 43.3 Å². The highest BCUT2D eigenvalue weighted by molar-refractivity contribution is 6.31. The molecule has 142 valence electrons. The number of nitrogens with zero attached hydrogens (tertiary/aromatic N) is 3. The molecule has 1 aliphatic heterocycles. The van der Waals surface area contributed by atoms with E-state index >= 15 is 0 Å². The van der Waals surface area contributed by atoms with Crippen LogP contribution >= 0.6 is 11.6 Å². The lowest BCUT2D eigenvalue weighted by Crippen LogP contribution is -2.44. The number of aromatic amines is 1. The minimum absolute atomic E-state index is 0.707. The van der Waals surface area contributed by atoms with Crippen LogP contribution in [0.1, 0.15) is 6.42 Å². The van der Waals surface area contributed by atoms with E-state index in [1.807, 2.05) is 42.5 Å². The molecule has 1 N–H and O–H groups in total. The van der Waals surface area contributed by atoms with Gasteiger partial charge in [-0.1, -0.05) is 11.6 Å². The normalized spacial score (nSPS) is 16.1. The fourth-order valence-corrected chi connectivity index (χ4v) is 3.55. The van der Waals surface area contributed by atoms with Crippen LogP contribution in [0, 0.1) is 0 Å². The van der Waals surface area contributed by atoms with Crippen LogP contribution in [0.3, 0.4) is 0 Å². The zero-order valence-electron chi connectivity index (χ0n) is 15.6. The Morgan fingerprint density at radius 3 is 2.63 bits per heavy atom. The molecule has 4 rings (SSSR count). The molecule has 1 saturated heterocycles. The molecule has 2 aromatic carbocycles. The molecular formula is C21H25ClN4O. The van der Waals surface area contributed by atoms with Gasteiger partial charge in [0.05, 0.1) is 17.6 Å². The molecule has 27 heavy (non-hydrogen) atoms. The third-order valence-corrected chi connectivity index (χ3v) is 5.29. The van der Waals surface area contributed by atoms with Crippen LogP contribution in [0.25, 0.3) is 22.4 Å². The van der Waals surface area contributed by atoms with Gasteiger partial charge in [0.1, 0.15) is 11.6 Å². The second-order valence-electron chi connectivity index (χ2n) is 7.12. The Morgan fingerprint density at radius 2 is 1.85 bits per heavy atom. The zero-order chi connectivity index (χ0) is 18.6. The molecule has 0 bridgehead atoms. The first kappa shape index (κ1) is 18.3. The molecule has 1 aliphatic rings. The van der Waals surface area contributed by atoms with Gasteiger partial charge in [-0.2, -0.15) is 0 Å². The van der Waals surface area contributed by atoms with Crippen molar-refractivity contribution in [2.45, 2.75) is 6.42 Å². The summed E-state index contributed by atoms with van der Waals surface area (Å²) in [5, 5.41) is 0.707. The molecule has 1 aromatic heterocycles. The molecule has 0 atom stereocenters. The maximum absolute atomic E-state index is 6.04. The Bertz CT molecular complexity index is 885. The Hall–Kier alpha value is -2.08. The summed E-state index contributed by atoms with van der Waals surface area (Å²) in [7, 11) is 2.19. The number of hydrogen-bond acceptors (Lipinski definition) is 4. The lowest BCUT2D eigenvalue weighted by Gasteiger charge is -2.32. The minimum atomic E-state index is 0.707. The van der Waals surface area contributed by atoms with E-state index in [0.29, 0.717) is 5.02 Å². The molecule has 6 heteroatoms. The third kappa shape index (κ3) is 4.61. The van der Waals surface area contributed by atoms with E-state index in [0.717, 1.165) is 73.9 Å². The first-order valence-electron chi connectivity index (χ1n) is 9.47. The highest BCUT2D eigenvalue weighted by Crippen LogP contribution is 2.24. The average Bonchev–Trinajstić information content (AvgIpc) is 3.10. The number of hydrogen-bond donors (Lipinski definition) is 1. The molecule has 1 fully saturated rings. The highest BCUT2D eigenvalue weighted by atomic mass is 35.5. The van der Waals surface area contributed by atoms with Crippen LogP contribution in [0.2, 0.25) is 5.02 Å². The maximum atomic E-state index is 6.04. The average molecular weight is 385 g/mol. The molecule has 0 amide bonds. The van der Waals surface area contributed by atoms with Gasteiger partial charge < -0.3 is 19.5 Å². The zero-order valence-corrected chi connectivity index (χ0v) is 16.4. The SMILES string of the molecule is CN1CCN(CCCOc2ccc(-c3nc4ccc(Cl)cc4[nH]3)cc2)CC1. The predicted octanol–water partition coefficient (Wildman–Crippen LogP) is 3.90. The number of ether oxygens (including phenoxy) is 1. The van der Waals surface area contributed by atoms with E-state index < -0.39 is 0 Å². The second kappa shape index (κ2) is 8.30. The van der Waals surface area contributed by atoms with Gasteiger partial charge in [-0.25, -0.2) is 4.98 Å². The monoisotopic (exact) mass is 384 g/mol. The first-order valence-corrected chi connectivity index (χ1v) is 9.84. The van der Waals surface area contributed by atoms with Crippen LogP contribution < -0.4 is 4.74 Å². The predicted molar refractivity (Wildman–Crippen MR) is 111 cm³/mol. The van der Waals surface area contributed by atoms with E-state index in [-0.39, 0.29) is 0 Å². The van der Waals surface area contributed by atoms with Gasteiger partial charge in [0.2, 0.25) is 0 Å². The number of nitrogens with one attached hydrogen (secondary N) is 1. The van der Waals surface area contributed by atoms with Crippen molar-refractivity contribution in [3.8, 4) is 17.1 Å². The van der Waals surface area contributed by atoms with Gasteiger partial charge >= 0.3 is 0 Å². The molecule has 3 aromatic rings. The Kier molecular flexibility index (Phi) is 5.62. The quantitative estimate of drug-likeness (QED) is 0.654. The van der Waals surface area contributed by atoms with Crippen molar-refractivity contribution >= 4 is 22.6 Å².